The number of hydrogen-bond acceptors (Lipinski definition) is 6. The van der Waals surface area contributed by atoms with E-state index in [1.54, 1.807) is 24.3 Å². The van der Waals surface area contributed by atoms with Crippen LogP contribution in [0.2, 0.25) is 0 Å². The van der Waals surface area contributed by atoms with Crippen LogP contribution in [-0.4, -0.2) is 22.5 Å². The molecule has 1 aromatic heterocycles. The zero-order chi connectivity index (χ0) is 19.4. The van der Waals surface area contributed by atoms with Crippen molar-refractivity contribution in [3.63, 3.8) is 0 Å². The van der Waals surface area contributed by atoms with E-state index in [4.69, 9.17) is 9.15 Å². The number of anilines is 1. The molecule has 27 heavy (non-hydrogen) atoms. The van der Waals surface area contributed by atoms with Crippen molar-refractivity contribution in [1.82, 2.24) is 4.57 Å². The molecule has 9 heteroatoms. The standard InChI is InChI=1S/C18H17N3O6/c1-26-15-9-8-12(21(24)25)11-13(15)19-17(22)7-4-10-20-14-5-2-3-6-16(14)27-18(20)23/h2-3,5-6,8-9,11H,4,7,10H2,1H3,(H,19,22). The number of para-hydroxylation sites is 2. The highest BCUT2D eigenvalue weighted by atomic mass is 16.6. The number of nitrogens with zero attached hydrogens (tertiary/aromatic N) is 2. The Morgan fingerprint density at radius 3 is 2.81 bits per heavy atom. The van der Waals surface area contributed by atoms with Crippen LogP contribution in [0.25, 0.3) is 11.1 Å². The molecule has 0 unspecified atom stereocenters. The van der Waals surface area contributed by atoms with Gasteiger partial charge in [-0.1, -0.05) is 12.1 Å². The summed E-state index contributed by atoms with van der Waals surface area (Å²) in [6.45, 7) is 0.315. The van der Waals surface area contributed by atoms with E-state index < -0.39 is 10.7 Å². The lowest BCUT2D eigenvalue weighted by molar-refractivity contribution is -0.384. The third kappa shape index (κ3) is 3.97. The molecule has 0 bridgehead atoms. The number of methoxy groups -OCH3 is 1. The lowest BCUT2D eigenvalue weighted by Gasteiger charge is -2.10. The maximum absolute atomic E-state index is 12.2. The van der Waals surface area contributed by atoms with E-state index in [1.165, 1.54) is 29.9 Å². The quantitative estimate of drug-likeness (QED) is 0.504. The Balaban J connectivity index is 1.65. The molecule has 2 aromatic carbocycles. The van der Waals surface area contributed by atoms with E-state index >= 15 is 0 Å². The van der Waals surface area contributed by atoms with Gasteiger partial charge in [0.1, 0.15) is 5.75 Å². The van der Waals surface area contributed by atoms with Crippen molar-refractivity contribution in [2.24, 2.45) is 0 Å². The number of aromatic nitrogens is 1. The highest BCUT2D eigenvalue weighted by Crippen LogP contribution is 2.29. The number of rotatable bonds is 7. The Bertz CT molecular complexity index is 1050. The number of oxazole rings is 1. The molecule has 0 aliphatic rings. The van der Waals surface area contributed by atoms with Gasteiger partial charge >= 0.3 is 5.76 Å². The van der Waals surface area contributed by atoms with Gasteiger partial charge in [-0.25, -0.2) is 4.79 Å². The van der Waals surface area contributed by atoms with E-state index in [0.717, 1.165) is 0 Å². The van der Waals surface area contributed by atoms with Crippen molar-refractivity contribution < 1.29 is 18.9 Å². The summed E-state index contributed by atoms with van der Waals surface area (Å²) in [7, 11) is 1.41. The molecule has 0 spiro atoms. The summed E-state index contributed by atoms with van der Waals surface area (Å²) < 4.78 is 11.7. The lowest BCUT2D eigenvalue weighted by atomic mass is 10.2. The molecule has 0 saturated carbocycles. The second-order valence-electron chi connectivity index (χ2n) is 5.78. The Kier molecular flexibility index (Phi) is 5.20. The second-order valence-corrected chi connectivity index (χ2v) is 5.78. The van der Waals surface area contributed by atoms with Crippen LogP contribution >= 0.6 is 0 Å². The van der Waals surface area contributed by atoms with Crippen LogP contribution in [0.3, 0.4) is 0 Å². The molecule has 3 rings (SSSR count). The van der Waals surface area contributed by atoms with Crippen molar-refractivity contribution in [3.05, 3.63) is 63.1 Å². The van der Waals surface area contributed by atoms with Gasteiger partial charge in [0, 0.05) is 25.1 Å². The fourth-order valence-electron chi connectivity index (χ4n) is 2.74. The van der Waals surface area contributed by atoms with Crippen molar-refractivity contribution in [3.8, 4) is 5.75 Å². The minimum absolute atomic E-state index is 0.123. The molecule has 0 radical (unpaired) electrons. The smallest absolute Gasteiger partial charge is 0.419 e. The number of aryl methyl sites for hydroxylation is 1. The molecule has 3 aromatic rings. The number of nitrogens with one attached hydrogen (secondary N) is 1. The first-order chi connectivity index (χ1) is 13.0. The number of amides is 1. The van der Waals surface area contributed by atoms with Gasteiger partial charge in [0.25, 0.3) is 5.69 Å². The number of benzene rings is 2. The second kappa shape index (κ2) is 7.73. The molecule has 1 heterocycles. The molecule has 0 atom stereocenters. The minimum atomic E-state index is -0.550. The maximum Gasteiger partial charge on any atom is 0.419 e. The first-order valence-corrected chi connectivity index (χ1v) is 8.20. The van der Waals surface area contributed by atoms with Crippen LogP contribution in [0, 0.1) is 10.1 Å². The fraction of sp³-hybridized carbons (Fsp3) is 0.222. The minimum Gasteiger partial charge on any atom is -0.495 e. The number of non-ortho nitro benzene ring substituents is 1. The Labute approximate surface area is 153 Å². The van der Waals surface area contributed by atoms with Crippen LogP contribution < -0.4 is 15.8 Å². The van der Waals surface area contributed by atoms with Crippen LogP contribution in [0.4, 0.5) is 11.4 Å². The molecule has 1 amide bonds. The van der Waals surface area contributed by atoms with Crippen LogP contribution in [-0.2, 0) is 11.3 Å². The van der Waals surface area contributed by atoms with E-state index in [2.05, 4.69) is 5.32 Å². The van der Waals surface area contributed by atoms with Crippen LogP contribution in [0.15, 0.2) is 51.7 Å². The largest absolute Gasteiger partial charge is 0.495 e. The van der Waals surface area contributed by atoms with Gasteiger partial charge in [0.2, 0.25) is 5.91 Å². The third-order valence-electron chi connectivity index (χ3n) is 4.03. The van der Waals surface area contributed by atoms with Crippen molar-refractivity contribution in [2.45, 2.75) is 19.4 Å². The Hall–Kier alpha value is -3.62. The summed E-state index contributed by atoms with van der Waals surface area (Å²) in [4.78, 5) is 34.4. The Morgan fingerprint density at radius 2 is 2.07 bits per heavy atom. The zero-order valence-electron chi connectivity index (χ0n) is 14.5. The first-order valence-electron chi connectivity index (χ1n) is 8.20. The summed E-state index contributed by atoms with van der Waals surface area (Å²) in [5.41, 5.74) is 1.24. The number of fused-ring (bicyclic) bond motifs is 1. The average Bonchev–Trinajstić information content (AvgIpc) is 2.97. The number of nitro benzene ring substituents is 1. The van der Waals surface area contributed by atoms with Crippen molar-refractivity contribution in [2.75, 3.05) is 12.4 Å². The summed E-state index contributed by atoms with van der Waals surface area (Å²) >= 11 is 0. The number of nitro groups is 1. The van der Waals surface area contributed by atoms with Gasteiger partial charge in [-0.2, -0.15) is 0 Å². The average molecular weight is 371 g/mol. The molecule has 140 valence electrons. The number of ether oxygens (including phenoxy) is 1. The topological polar surface area (TPSA) is 117 Å². The van der Waals surface area contributed by atoms with Gasteiger partial charge < -0.3 is 14.5 Å². The van der Waals surface area contributed by atoms with E-state index in [9.17, 15) is 19.7 Å². The summed E-state index contributed by atoms with van der Waals surface area (Å²) in [6.07, 6.45) is 0.518. The summed E-state index contributed by atoms with van der Waals surface area (Å²) in [5.74, 6) is -0.488. The molecular formula is C18H17N3O6. The van der Waals surface area contributed by atoms with E-state index in [1.807, 2.05) is 0 Å². The van der Waals surface area contributed by atoms with Gasteiger partial charge in [0.05, 0.1) is 23.2 Å². The lowest BCUT2D eigenvalue weighted by Crippen LogP contribution is -2.17. The normalized spacial score (nSPS) is 10.7. The summed E-state index contributed by atoms with van der Waals surface area (Å²) in [6, 6.07) is 11.0. The van der Waals surface area contributed by atoms with E-state index in [0.29, 0.717) is 29.8 Å². The molecule has 0 aliphatic carbocycles. The van der Waals surface area contributed by atoms with Crippen LogP contribution in [0.1, 0.15) is 12.8 Å². The zero-order valence-corrected chi connectivity index (χ0v) is 14.5. The monoisotopic (exact) mass is 371 g/mol. The van der Waals surface area contributed by atoms with Crippen molar-refractivity contribution in [1.29, 1.82) is 0 Å². The maximum atomic E-state index is 12.2. The van der Waals surface area contributed by atoms with Gasteiger partial charge in [-0.3, -0.25) is 19.5 Å². The highest BCUT2D eigenvalue weighted by molar-refractivity contribution is 5.92. The fourth-order valence-corrected chi connectivity index (χ4v) is 2.74. The molecule has 1 N–H and O–H groups in total. The highest BCUT2D eigenvalue weighted by Gasteiger charge is 2.14. The third-order valence-corrected chi connectivity index (χ3v) is 4.03. The number of carbonyl (C=O) groups is 1. The SMILES string of the molecule is COc1ccc([N+](=O)[O-])cc1NC(=O)CCCn1c(=O)oc2ccccc21. The molecule has 0 aliphatic heterocycles. The molecule has 0 saturated heterocycles. The molecule has 0 fully saturated rings. The van der Waals surface area contributed by atoms with Crippen molar-refractivity contribution >= 4 is 28.4 Å². The number of carbonyl (C=O) groups excluding carboxylic acids is 1. The van der Waals surface area contributed by atoms with E-state index in [-0.39, 0.29) is 23.7 Å². The Morgan fingerprint density at radius 1 is 1.30 bits per heavy atom. The van der Waals surface area contributed by atoms with Gasteiger partial charge in [-0.05, 0) is 24.6 Å². The van der Waals surface area contributed by atoms with Gasteiger partial charge in [-0.15, -0.1) is 0 Å². The molecule has 9 nitrogen and oxygen atoms in total. The predicted octanol–water partition coefficient (Wildman–Crippen LogP) is 2.93. The summed E-state index contributed by atoms with van der Waals surface area (Å²) in [5, 5.41) is 13.5. The number of hydrogen-bond donors (Lipinski definition) is 1. The first kappa shape index (κ1) is 18.2. The van der Waals surface area contributed by atoms with Gasteiger partial charge in [0.15, 0.2) is 5.58 Å². The predicted molar refractivity (Wildman–Crippen MR) is 98.0 cm³/mol. The van der Waals surface area contributed by atoms with Crippen LogP contribution in [0.5, 0.6) is 5.75 Å². The molecular weight excluding hydrogens is 354 g/mol.